The van der Waals surface area contributed by atoms with Gasteiger partial charge in [0.1, 0.15) is 11.7 Å². The highest BCUT2D eigenvalue weighted by Crippen LogP contribution is 2.21. The van der Waals surface area contributed by atoms with Crippen LogP contribution in [0, 0.1) is 5.21 Å². The highest BCUT2D eigenvalue weighted by Gasteiger charge is 2.33. The van der Waals surface area contributed by atoms with Gasteiger partial charge >= 0.3 is 0 Å². The summed E-state index contributed by atoms with van der Waals surface area (Å²) in [5.74, 6) is 0.398. The Morgan fingerprint density at radius 1 is 1.17 bits per heavy atom. The molecule has 1 aliphatic rings. The number of nitrogens with zero attached hydrogens (tertiary/aromatic N) is 3. The highest BCUT2D eigenvalue weighted by atomic mass is 16.5. The first-order valence-electron chi connectivity index (χ1n) is 7.69. The third-order valence-electron chi connectivity index (χ3n) is 4.02. The SMILES string of the molecule is O=C(c1ccc[n+]([O-])c1)N1CC(Oc2ccc3ccccc3n2)C1. The van der Waals surface area contributed by atoms with Crippen LogP contribution in [-0.4, -0.2) is 35.0 Å². The average molecular weight is 321 g/mol. The minimum atomic E-state index is -0.161. The number of ether oxygens (including phenoxy) is 1. The summed E-state index contributed by atoms with van der Waals surface area (Å²) in [5, 5.41) is 12.3. The first kappa shape index (κ1) is 14.4. The normalized spacial score (nSPS) is 14.4. The van der Waals surface area contributed by atoms with Crippen LogP contribution in [-0.2, 0) is 0 Å². The number of para-hydroxylation sites is 1. The second-order valence-electron chi connectivity index (χ2n) is 5.74. The summed E-state index contributed by atoms with van der Waals surface area (Å²) < 4.78 is 6.45. The molecule has 3 heterocycles. The van der Waals surface area contributed by atoms with E-state index in [-0.39, 0.29) is 12.0 Å². The fourth-order valence-electron chi connectivity index (χ4n) is 2.73. The van der Waals surface area contributed by atoms with Crippen molar-refractivity contribution in [3.05, 3.63) is 71.7 Å². The van der Waals surface area contributed by atoms with E-state index in [1.54, 1.807) is 17.0 Å². The number of carbonyl (C=O) groups is 1. The molecule has 6 nitrogen and oxygen atoms in total. The van der Waals surface area contributed by atoms with E-state index in [0.29, 0.717) is 29.3 Å². The summed E-state index contributed by atoms with van der Waals surface area (Å²) in [4.78, 5) is 18.4. The molecule has 0 saturated carbocycles. The zero-order valence-corrected chi connectivity index (χ0v) is 12.8. The maximum absolute atomic E-state index is 12.3. The van der Waals surface area contributed by atoms with Crippen molar-refractivity contribution in [1.82, 2.24) is 9.88 Å². The van der Waals surface area contributed by atoms with Gasteiger partial charge in [0.25, 0.3) is 5.91 Å². The molecule has 4 rings (SSSR count). The molecule has 24 heavy (non-hydrogen) atoms. The van der Waals surface area contributed by atoms with Gasteiger partial charge in [0.05, 0.1) is 18.6 Å². The Bertz CT molecular complexity index is 907. The second-order valence-corrected chi connectivity index (χ2v) is 5.74. The van der Waals surface area contributed by atoms with Gasteiger partial charge in [0.15, 0.2) is 12.4 Å². The third kappa shape index (κ3) is 2.74. The molecule has 0 radical (unpaired) electrons. The summed E-state index contributed by atoms with van der Waals surface area (Å²) in [6, 6.07) is 14.8. The Balaban J connectivity index is 1.39. The van der Waals surface area contributed by atoms with Gasteiger partial charge in [-0.2, -0.15) is 4.73 Å². The highest BCUT2D eigenvalue weighted by molar-refractivity contribution is 5.94. The van der Waals surface area contributed by atoms with E-state index in [1.807, 2.05) is 36.4 Å². The number of aromatic nitrogens is 2. The number of fused-ring (bicyclic) bond motifs is 1. The number of hydrogen-bond donors (Lipinski definition) is 0. The molecule has 0 aliphatic carbocycles. The topological polar surface area (TPSA) is 69.4 Å². The Kier molecular flexibility index (Phi) is 3.49. The Hall–Kier alpha value is -3.15. The summed E-state index contributed by atoms with van der Waals surface area (Å²) in [5.41, 5.74) is 1.27. The zero-order valence-electron chi connectivity index (χ0n) is 12.8. The average Bonchev–Trinajstić information content (AvgIpc) is 2.57. The van der Waals surface area contributed by atoms with E-state index in [4.69, 9.17) is 4.74 Å². The predicted octanol–water partition coefficient (Wildman–Crippen LogP) is 1.77. The van der Waals surface area contributed by atoms with E-state index in [2.05, 4.69) is 4.98 Å². The molecule has 2 aromatic heterocycles. The number of amides is 1. The Morgan fingerprint density at radius 2 is 2.00 bits per heavy atom. The lowest BCUT2D eigenvalue weighted by atomic mass is 10.1. The van der Waals surface area contributed by atoms with Crippen molar-refractivity contribution in [3.8, 4) is 5.88 Å². The number of carbonyl (C=O) groups excluding carboxylic acids is 1. The van der Waals surface area contributed by atoms with Gasteiger partial charge in [-0.3, -0.25) is 4.79 Å². The third-order valence-corrected chi connectivity index (χ3v) is 4.02. The molecule has 0 atom stereocenters. The predicted molar refractivity (Wildman–Crippen MR) is 87.5 cm³/mol. The molecule has 1 aliphatic heterocycles. The van der Waals surface area contributed by atoms with Gasteiger partial charge in [-0.1, -0.05) is 18.2 Å². The summed E-state index contributed by atoms with van der Waals surface area (Å²) in [6.45, 7) is 0.974. The fraction of sp³-hybridized carbons (Fsp3) is 0.167. The largest absolute Gasteiger partial charge is 0.619 e. The van der Waals surface area contributed by atoms with Crippen LogP contribution in [0.3, 0.4) is 0 Å². The molecule has 1 saturated heterocycles. The van der Waals surface area contributed by atoms with Gasteiger partial charge in [-0.05, 0) is 18.2 Å². The van der Waals surface area contributed by atoms with Crippen molar-refractivity contribution >= 4 is 16.8 Å². The maximum atomic E-state index is 12.3. The van der Waals surface area contributed by atoms with Crippen molar-refractivity contribution in [2.45, 2.75) is 6.10 Å². The summed E-state index contributed by atoms with van der Waals surface area (Å²) >= 11 is 0. The monoisotopic (exact) mass is 321 g/mol. The first-order chi connectivity index (χ1) is 11.7. The van der Waals surface area contributed by atoms with Gasteiger partial charge in [-0.15, -0.1) is 0 Å². The van der Waals surface area contributed by atoms with Crippen LogP contribution in [0.1, 0.15) is 10.4 Å². The van der Waals surface area contributed by atoms with Crippen molar-refractivity contribution in [2.75, 3.05) is 13.1 Å². The van der Waals surface area contributed by atoms with Gasteiger partial charge in [0, 0.05) is 17.5 Å². The first-order valence-corrected chi connectivity index (χ1v) is 7.69. The van der Waals surface area contributed by atoms with Crippen LogP contribution in [0.25, 0.3) is 10.9 Å². The minimum Gasteiger partial charge on any atom is -0.619 e. The number of rotatable bonds is 3. The zero-order chi connectivity index (χ0) is 16.5. The van der Waals surface area contributed by atoms with E-state index in [0.717, 1.165) is 10.9 Å². The number of pyridine rings is 2. The van der Waals surface area contributed by atoms with Crippen molar-refractivity contribution < 1.29 is 14.3 Å². The molecule has 1 aromatic carbocycles. The minimum absolute atomic E-state index is 0.0781. The molecular formula is C18H15N3O3. The Labute approximate surface area is 138 Å². The van der Waals surface area contributed by atoms with Crippen LogP contribution in [0.2, 0.25) is 0 Å². The van der Waals surface area contributed by atoms with Crippen molar-refractivity contribution in [3.63, 3.8) is 0 Å². The van der Waals surface area contributed by atoms with Gasteiger partial charge < -0.3 is 14.8 Å². The van der Waals surface area contributed by atoms with Crippen LogP contribution < -0.4 is 9.47 Å². The van der Waals surface area contributed by atoms with Gasteiger partial charge in [-0.25, -0.2) is 4.98 Å². The van der Waals surface area contributed by atoms with Crippen LogP contribution >= 0.6 is 0 Å². The lowest BCUT2D eigenvalue weighted by Crippen LogP contribution is -2.56. The lowest BCUT2D eigenvalue weighted by molar-refractivity contribution is -0.605. The smallest absolute Gasteiger partial charge is 0.260 e. The molecule has 3 aromatic rings. The van der Waals surface area contributed by atoms with Gasteiger partial charge in [0.2, 0.25) is 5.88 Å². The Morgan fingerprint density at radius 3 is 2.83 bits per heavy atom. The summed E-state index contributed by atoms with van der Waals surface area (Å²) in [7, 11) is 0. The van der Waals surface area contributed by atoms with Crippen LogP contribution in [0.5, 0.6) is 5.88 Å². The van der Waals surface area contributed by atoms with Crippen molar-refractivity contribution in [2.24, 2.45) is 0 Å². The molecule has 1 fully saturated rings. The van der Waals surface area contributed by atoms with Crippen molar-refractivity contribution in [1.29, 1.82) is 0 Å². The second kappa shape index (κ2) is 5.81. The number of likely N-dealkylation sites (tertiary alicyclic amines) is 1. The molecule has 1 amide bonds. The molecule has 120 valence electrons. The van der Waals surface area contributed by atoms with E-state index >= 15 is 0 Å². The van der Waals surface area contributed by atoms with Crippen LogP contribution in [0.15, 0.2) is 60.9 Å². The molecular weight excluding hydrogens is 306 g/mol. The lowest BCUT2D eigenvalue weighted by Gasteiger charge is -2.38. The molecule has 6 heteroatoms. The maximum Gasteiger partial charge on any atom is 0.260 e. The quantitative estimate of drug-likeness (QED) is 0.544. The number of benzene rings is 1. The van der Waals surface area contributed by atoms with E-state index in [9.17, 15) is 10.0 Å². The molecule has 0 N–H and O–H groups in total. The summed E-state index contributed by atoms with van der Waals surface area (Å²) in [6.07, 6.45) is 2.55. The fourth-order valence-corrected chi connectivity index (χ4v) is 2.73. The van der Waals surface area contributed by atoms with E-state index in [1.165, 1.54) is 12.4 Å². The number of hydrogen-bond acceptors (Lipinski definition) is 4. The molecule has 0 unspecified atom stereocenters. The van der Waals surface area contributed by atoms with E-state index < -0.39 is 0 Å². The molecule has 0 spiro atoms. The van der Waals surface area contributed by atoms with Crippen LogP contribution in [0.4, 0.5) is 0 Å². The standard InChI is InChI=1S/C18H15N3O3/c22-18(14-5-3-9-21(23)10-14)20-11-15(12-20)24-17-8-7-13-4-1-2-6-16(13)19-17/h1-10,15H,11-12H2. The molecule has 0 bridgehead atoms.